The first-order valence-corrected chi connectivity index (χ1v) is 8.66. The van der Waals surface area contributed by atoms with Crippen LogP contribution < -0.4 is 5.32 Å². The molecule has 2 rings (SSSR count). The standard InChI is InChI=1S/C16H28N2OS/c1-6-16(7-2,19-5)15-18-14(11(3)4)13(20-15)10-17-12-8-9-12/h11-12,17H,6-10H2,1-5H3. The third-order valence-corrected chi connectivity index (χ3v) is 5.58. The summed E-state index contributed by atoms with van der Waals surface area (Å²) in [6.45, 7) is 9.79. The monoisotopic (exact) mass is 296 g/mol. The van der Waals surface area contributed by atoms with Crippen LogP contribution in [0.3, 0.4) is 0 Å². The molecule has 1 N–H and O–H groups in total. The predicted octanol–water partition coefficient (Wildman–Crippen LogP) is 4.18. The van der Waals surface area contributed by atoms with Gasteiger partial charge in [-0.2, -0.15) is 0 Å². The van der Waals surface area contributed by atoms with Crippen LogP contribution in [0.25, 0.3) is 0 Å². The Hall–Kier alpha value is -0.450. The first kappa shape index (κ1) is 15.9. The SMILES string of the molecule is CCC(CC)(OC)c1nc(C(C)C)c(CNC2CC2)s1. The number of nitrogens with one attached hydrogen (secondary N) is 1. The van der Waals surface area contributed by atoms with Gasteiger partial charge in [0, 0.05) is 24.6 Å². The number of thiazole rings is 1. The zero-order valence-corrected chi connectivity index (χ0v) is 14.3. The molecule has 1 fully saturated rings. The maximum Gasteiger partial charge on any atom is 0.125 e. The summed E-state index contributed by atoms with van der Waals surface area (Å²) in [5.41, 5.74) is 1.05. The number of ether oxygens (including phenoxy) is 1. The molecule has 0 spiro atoms. The topological polar surface area (TPSA) is 34.1 Å². The van der Waals surface area contributed by atoms with Crippen LogP contribution in [0.15, 0.2) is 0 Å². The van der Waals surface area contributed by atoms with Crippen molar-refractivity contribution in [1.29, 1.82) is 0 Å². The van der Waals surface area contributed by atoms with Gasteiger partial charge in [-0.05, 0) is 31.6 Å². The molecule has 1 aromatic rings. The first-order valence-electron chi connectivity index (χ1n) is 7.84. The van der Waals surface area contributed by atoms with Crippen molar-refractivity contribution in [3.63, 3.8) is 0 Å². The van der Waals surface area contributed by atoms with E-state index in [0.29, 0.717) is 5.92 Å². The molecule has 1 heterocycles. The molecule has 0 unspecified atom stereocenters. The van der Waals surface area contributed by atoms with Gasteiger partial charge in [-0.3, -0.25) is 0 Å². The van der Waals surface area contributed by atoms with Crippen LogP contribution >= 0.6 is 11.3 Å². The van der Waals surface area contributed by atoms with Crippen LogP contribution in [0.2, 0.25) is 0 Å². The largest absolute Gasteiger partial charge is 0.371 e. The molecule has 1 aromatic heterocycles. The van der Waals surface area contributed by atoms with Crippen molar-refractivity contribution >= 4 is 11.3 Å². The number of rotatable bonds is 8. The third-order valence-electron chi connectivity index (χ3n) is 4.33. The lowest BCUT2D eigenvalue weighted by atomic mass is 9.98. The number of hydrogen-bond donors (Lipinski definition) is 1. The predicted molar refractivity (Wildman–Crippen MR) is 85.3 cm³/mol. The molecule has 0 aliphatic heterocycles. The Balaban J connectivity index is 2.26. The minimum Gasteiger partial charge on any atom is -0.371 e. The maximum absolute atomic E-state index is 5.84. The van der Waals surface area contributed by atoms with Gasteiger partial charge in [0.05, 0.1) is 5.69 Å². The van der Waals surface area contributed by atoms with Crippen LogP contribution in [0.5, 0.6) is 0 Å². The van der Waals surface area contributed by atoms with Gasteiger partial charge in [-0.25, -0.2) is 4.98 Å². The fraction of sp³-hybridized carbons (Fsp3) is 0.812. The normalized spacial score (nSPS) is 16.1. The summed E-state index contributed by atoms with van der Waals surface area (Å²) in [6.07, 6.45) is 4.60. The molecule has 0 radical (unpaired) electrons. The van der Waals surface area contributed by atoms with Gasteiger partial charge in [0.1, 0.15) is 10.6 Å². The molecular weight excluding hydrogens is 268 g/mol. The quantitative estimate of drug-likeness (QED) is 0.781. The van der Waals surface area contributed by atoms with Crippen molar-refractivity contribution in [3.8, 4) is 0 Å². The van der Waals surface area contributed by atoms with E-state index in [1.807, 2.05) is 18.4 Å². The van der Waals surface area contributed by atoms with E-state index in [-0.39, 0.29) is 5.60 Å². The van der Waals surface area contributed by atoms with Gasteiger partial charge >= 0.3 is 0 Å². The first-order chi connectivity index (χ1) is 9.56. The van der Waals surface area contributed by atoms with Crippen LogP contribution in [0, 0.1) is 0 Å². The average Bonchev–Trinajstić information content (AvgIpc) is 3.18. The molecule has 0 bridgehead atoms. The lowest BCUT2D eigenvalue weighted by Crippen LogP contribution is -2.26. The lowest BCUT2D eigenvalue weighted by molar-refractivity contribution is -0.0220. The van der Waals surface area contributed by atoms with Crippen molar-refractivity contribution in [2.45, 2.75) is 77.5 Å². The Morgan fingerprint density at radius 2 is 2.00 bits per heavy atom. The van der Waals surface area contributed by atoms with Crippen molar-refractivity contribution in [1.82, 2.24) is 10.3 Å². The van der Waals surface area contributed by atoms with Crippen molar-refractivity contribution < 1.29 is 4.74 Å². The lowest BCUT2D eigenvalue weighted by Gasteiger charge is -2.27. The van der Waals surface area contributed by atoms with E-state index in [2.05, 4.69) is 33.0 Å². The Morgan fingerprint density at radius 3 is 2.45 bits per heavy atom. The van der Waals surface area contributed by atoms with Crippen molar-refractivity contribution in [2.75, 3.05) is 7.11 Å². The van der Waals surface area contributed by atoms with Gasteiger partial charge in [-0.1, -0.05) is 27.7 Å². The maximum atomic E-state index is 5.84. The van der Waals surface area contributed by atoms with E-state index in [1.165, 1.54) is 23.4 Å². The molecule has 0 amide bonds. The Labute approximate surface area is 127 Å². The number of aromatic nitrogens is 1. The van der Waals surface area contributed by atoms with Gasteiger partial charge in [-0.15, -0.1) is 11.3 Å². The molecule has 4 heteroatoms. The number of nitrogens with zero attached hydrogens (tertiary/aromatic N) is 1. The molecule has 114 valence electrons. The highest BCUT2D eigenvalue weighted by atomic mass is 32.1. The van der Waals surface area contributed by atoms with Crippen LogP contribution in [-0.2, 0) is 16.9 Å². The second kappa shape index (κ2) is 6.54. The molecule has 1 aliphatic carbocycles. The molecule has 0 atom stereocenters. The van der Waals surface area contributed by atoms with Crippen LogP contribution in [0.4, 0.5) is 0 Å². The Bertz CT molecular complexity index is 425. The van der Waals surface area contributed by atoms with Gasteiger partial charge in [0.2, 0.25) is 0 Å². The third kappa shape index (κ3) is 3.23. The summed E-state index contributed by atoms with van der Waals surface area (Å²) in [4.78, 5) is 6.34. The summed E-state index contributed by atoms with van der Waals surface area (Å²) in [7, 11) is 1.81. The summed E-state index contributed by atoms with van der Waals surface area (Å²) < 4.78 is 5.84. The summed E-state index contributed by atoms with van der Waals surface area (Å²) in [5.74, 6) is 0.472. The number of hydrogen-bond acceptors (Lipinski definition) is 4. The minimum atomic E-state index is -0.202. The highest BCUT2D eigenvalue weighted by Crippen LogP contribution is 2.38. The van der Waals surface area contributed by atoms with Crippen molar-refractivity contribution in [2.24, 2.45) is 0 Å². The van der Waals surface area contributed by atoms with E-state index in [9.17, 15) is 0 Å². The highest BCUT2D eigenvalue weighted by Gasteiger charge is 2.33. The Morgan fingerprint density at radius 1 is 1.35 bits per heavy atom. The second-order valence-electron chi connectivity index (χ2n) is 6.04. The van der Waals surface area contributed by atoms with E-state index in [1.54, 1.807) is 0 Å². The molecule has 0 saturated heterocycles. The molecular formula is C16H28N2OS. The van der Waals surface area contributed by atoms with E-state index < -0.39 is 0 Å². The summed E-state index contributed by atoms with van der Waals surface area (Å²) in [5, 5.41) is 4.77. The smallest absolute Gasteiger partial charge is 0.125 e. The molecule has 1 aliphatic rings. The molecule has 20 heavy (non-hydrogen) atoms. The van der Waals surface area contributed by atoms with Crippen molar-refractivity contribution in [3.05, 3.63) is 15.6 Å². The zero-order chi connectivity index (χ0) is 14.8. The Kier molecular flexibility index (Phi) is 5.21. The van der Waals surface area contributed by atoms with Crippen LogP contribution in [-0.4, -0.2) is 18.1 Å². The van der Waals surface area contributed by atoms with Gasteiger partial charge in [0.15, 0.2) is 0 Å². The van der Waals surface area contributed by atoms with E-state index in [0.717, 1.165) is 30.4 Å². The fourth-order valence-electron chi connectivity index (χ4n) is 2.59. The van der Waals surface area contributed by atoms with Gasteiger partial charge in [0.25, 0.3) is 0 Å². The van der Waals surface area contributed by atoms with Crippen LogP contribution in [0.1, 0.15) is 74.9 Å². The number of methoxy groups -OCH3 is 1. The van der Waals surface area contributed by atoms with E-state index in [4.69, 9.17) is 9.72 Å². The second-order valence-corrected chi connectivity index (χ2v) is 7.13. The summed E-state index contributed by atoms with van der Waals surface area (Å²) in [6, 6.07) is 0.741. The molecule has 1 saturated carbocycles. The zero-order valence-electron chi connectivity index (χ0n) is 13.5. The minimum absolute atomic E-state index is 0.202. The molecule has 0 aromatic carbocycles. The summed E-state index contributed by atoms with van der Waals surface area (Å²) >= 11 is 1.84. The highest BCUT2D eigenvalue weighted by molar-refractivity contribution is 7.11. The fourth-order valence-corrected chi connectivity index (χ4v) is 4.07. The van der Waals surface area contributed by atoms with Gasteiger partial charge < -0.3 is 10.1 Å². The average molecular weight is 296 g/mol. The molecule has 3 nitrogen and oxygen atoms in total. The van der Waals surface area contributed by atoms with E-state index >= 15 is 0 Å².